The Hall–Kier alpha value is -3.41. The normalized spacial score (nSPS) is 11.1. The maximum Gasteiger partial charge on any atom is 0.273 e. The third-order valence-electron chi connectivity index (χ3n) is 4.30. The van der Waals surface area contributed by atoms with Gasteiger partial charge in [0, 0.05) is 29.4 Å². The van der Waals surface area contributed by atoms with E-state index in [2.05, 4.69) is 36.5 Å². The Kier molecular flexibility index (Phi) is 5.31. The molecule has 0 unspecified atom stereocenters. The minimum Gasteiger partial charge on any atom is -0.322 e. The van der Waals surface area contributed by atoms with Crippen LogP contribution < -0.4 is 10.6 Å². The third-order valence-corrected chi connectivity index (χ3v) is 4.30. The number of amides is 2. The molecule has 0 spiro atoms. The number of benzene rings is 2. The van der Waals surface area contributed by atoms with Gasteiger partial charge in [-0.05, 0) is 36.4 Å². The molecule has 2 amide bonds. The summed E-state index contributed by atoms with van der Waals surface area (Å²) in [6.45, 7) is 6.15. The monoisotopic (exact) mass is 376 g/mol. The minimum atomic E-state index is -0.253. The van der Waals surface area contributed by atoms with Crippen LogP contribution in [0.3, 0.4) is 0 Å². The number of rotatable bonds is 4. The summed E-state index contributed by atoms with van der Waals surface area (Å²) >= 11 is 0. The number of aromatic nitrogens is 2. The number of carbonyl (C=O) groups is 2. The van der Waals surface area contributed by atoms with Crippen LogP contribution in [0.5, 0.6) is 0 Å². The van der Waals surface area contributed by atoms with Gasteiger partial charge in [0.2, 0.25) is 0 Å². The summed E-state index contributed by atoms with van der Waals surface area (Å²) in [6.07, 6.45) is 0. The number of hydrogen-bond donors (Lipinski definition) is 2. The average Bonchev–Trinajstić information content (AvgIpc) is 3.05. The van der Waals surface area contributed by atoms with E-state index in [1.807, 2.05) is 18.2 Å². The van der Waals surface area contributed by atoms with Gasteiger partial charge in [-0.15, -0.1) is 0 Å². The van der Waals surface area contributed by atoms with E-state index in [1.54, 1.807) is 54.2 Å². The lowest BCUT2D eigenvalue weighted by Crippen LogP contribution is -2.16. The Labute approximate surface area is 164 Å². The maximum atomic E-state index is 12.7. The largest absolute Gasteiger partial charge is 0.322 e. The van der Waals surface area contributed by atoms with Gasteiger partial charge in [0.1, 0.15) is 5.69 Å². The van der Waals surface area contributed by atoms with Crippen LogP contribution in [0.4, 0.5) is 11.4 Å². The zero-order chi connectivity index (χ0) is 20.3. The molecule has 0 atom stereocenters. The lowest BCUT2D eigenvalue weighted by Gasteiger charge is -2.13. The van der Waals surface area contributed by atoms with Crippen molar-refractivity contribution in [1.29, 1.82) is 0 Å². The van der Waals surface area contributed by atoms with Crippen molar-refractivity contribution in [3.05, 3.63) is 77.6 Å². The summed E-state index contributed by atoms with van der Waals surface area (Å²) in [5, 5.41) is 10.1. The molecule has 1 aromatic heterocycles. The van der Waals surface area contributed by atoms with Crippen molar-refractivity contribution < 1.29 is 9.59 Å². The van der Waals surface area contributed by atoms with E-state index in [0.29, 0.717) is 22.6 Å². The molecule has 3 aromatic rings. The molecule has 0 radical (unpaired) electrons. The van der Waals surface area contributed by atoms with Crippen molar-refractivity contribution in [3.8, 4) is 0 Å². The third kappa shape index (κ3) is 4.46. The van der Waals surface area contributed by atoms with Crippen molar-refractivity contribution in [2.45, 2.75) is 26.2 Å². The second-order valence-corrected chi connectivity index (χ2v) is 7.64. The summed E-state index contributed by atoms with van der Waals surface area (Å²) in [4.78, 5) is 25.0. The van der Waals surface area contributed by atoms with Crippen LogP contribution in [0, 0.1) is 0 Å². The first-order valence-corrected chi connectivity index (χ1v) is 9.06. The van der Waals surface area contributed by atoms with Gasteiger partial charge >= 0.3 is 0 Å². The van der Waals surface area contributed by atoms with Gasteiger partial charge in [0.15, 0.2) is 0 Å². The molecule has 0 saturated carbocycles. The predicted octanol–water partition coefficient (Wildman–Crippen LogP) is 4.22. The Morgan fingerprint density at radius 2 is 1.46 bits per heavy atom. The average molecular weight is 376 g/mol. The van der Waals surface area contributed by atoms with Gasteiger partial charge in [0.05, 0.1) is 5.69 Å². The molecule has 0 aliphatic carbocycles. The van der Waals surface area contributed by atoms with Crippen molar-refractivity contribution in [2.75, 3.05) is 10.6 Å². The molecule has 0 saturated heterocycles. The molecule has 6 heteroatoms. The van der Waals surface area contributed by atoms with Gasteiger partial charge in [-0.3, -0.25) is 14.3 Å². The van der Waals surface area contributed by atoms with E-state index in [1.165, 1.54) is 0 Å². The van der Waals surface area contributed by atoms with Crippen molar-refractivity contribution >= 4 is 23.2 Å². The zero-order valence-corrected chi connectivity index (χ0v) is 16.5. The first-order valence-electron chi connectivity index (χ1n) is 9.06. The molecule has 28 heavy (non-hydrogen) atoms. The molecular weight excluding hydrogens is 352 g/mol. The topological polar surface area (TPSA) is 76.0 Å². The molecule has 2 N–H and O–H groups in total. The lowest BCUT2D eigenvalue weighted by atomic mass is 9.92. The van der Waals surface area contributed by atoms with E-state index >= 15 is 0 Å². The predicted molar refractivity (Wildman–Crippen MR) is 111 cm³/mol. The first-order chi connectivity index (χ1) is 13.2. The molecule has 0 aliphatic rings. The van der Waals surface area contributed by atoms with Crippen LogP contribution in [0.1, 0.15) is 47.3 Å². The molecule has 0 aliphatic heterocycles. The summed E-state index contributed by atoms with van der Waals surface area (Å²) in [5.41, 5.74) is 2.95. The number of aryl methyl sites for hydroxylation is 1. The van der Waals surface area contributed by atoms with E-state index in [9.17, 15) is 9.59 Å². The fraction of sp³-hybridized carbons (Fsp3) is 0.227. The molecule has 1 heterocycles. The number of carbonyl (C=O) groups excluding carboxylic acids is 2. The van der Waals surface area contributed by atoms with Gasteiger partial charge in [0.25, 0.3) is 11.8 Å². The Balaban J connectivity index is 1.73. The summed E-state index contributed by atoms with van der Waals surface area (Å²) in [5.74, 6) is -0.456. The van der Waals surface area contributed by atoms with Crippen molar-refractivity contribution in [1.82, 2.24) is 9.78 Å². The van der Waals surface area contributed by atoms with Crippen LogP contribution in [0.25, 0.3) is 0 Å². The van der Waals surface area contributed by atoms with Crippen LogP contribution in [0.15, 0.2) is 60.7 Å². The Morgan fingerprint density at radius 1 is 0.857 bits per heavy atom. The lowest BCUT2D eigenvalue weighted by molar-refractivity contribution is 0.101. The number of nitrogens with zero attached hydrogens (tertiary/aromatic N) is 2. The first kappa shape index (κ1) is 19.4. The van der Waals surface area contributed by atoms with Crippen molar-refractivity contribution in [2.24, 2.45) is 7.05 Å². The van der Waals surface area contributed by atoms with Crippen LogP contribution in [-0.2, 0) is 12.5 Å². The molecule has 0 fully saturated rings. The number of hydrogen-bond acceptors (Lipinski definition) is 3. The highest BCUT2D eigenvalue weighted by Gasteiger charge is 2.21. The standard InChI is InChI=1S/C22H24N4O2/c1-22(2,3)19-14-18(26(4)25-19)21(28)24-17-12-8-11-16(13-17)23-20(27)15-9-6-5-7-10-15/h5-14H,1-4H3,(H,23,27)(H,24,28). The molecule has 2 aromatic carbocycles. The summed E-state index contributed by atoms with van der Waals surface area (Å²) < 4.78 is 1.58. The van der Waals surface area contributed by atoms with Gasteiger partial charge in [-0.1, -0.05) is 45.0 Å². The van der Waals surface area contributed by atoms with Crippen molar-refractivity contribution in [3.63, 3.8) is 0 Å². The smallest absolute Gasteiger partial charge is 0.273 e. The quantitative estimate of drug-likeness (QED) is 0.716. The molecule has 144 valence electrons. The highest BCUT2D eigenvalue weighted by molar-refractivity contribution is 6.06. The molecule has 0 bridgehead atoms. The highest BCUT2D eigenvalue weighted by Crippen LogP contribution is 2.22. The van der Waals surface area contributed by atoms with Crippen LogP contribution in [0.2, 0.25) is 0 Å². The van der Waals surface area contributed by atoms with Gasteiger partial charge in [-0.25, -0.2) is 0 Å². The van der Waals surface area contributed by atoms with E-state index in [0.717, 1.165) is 5.69 Å². The molecule has 6 nitrogen and oxygen atoms in total. The second-order valence-electron chi connectivity index (χ2n) is 7.64. The second kappa shape index (κ2) is 7.68. The highest BCUT2D eigenvalue weighted by atomic mass is 16.2. The molecule has 3 rings (SSSR count). The Morgan fingerprint density at radius 3 is 2.04 bits per heavy atom. The van der Waals surface area contributed by atoms with E-state index < -0.39 is 0 Å². The van der Waals surface area contributed by atoms with Gasteiger partial charge in [-0.2, -0.15) is 5.10 Å². The Bertz CT molecular complexity index is 1000. The maximum absolute atomic E-state index is 12.7. The number of nitrogens with one attached hydrogen (secondary N) is 2. The fourth-order valence-corrected chi connectivity index (χ4v) is 2.71. The van der Waals surface area contributed by atoms with E-state index in [-0.39, 0.29) is 17.2 Å². The van der Waals surface area contributed by atoms with Crippen LogP contribution in [-0.4, -0.2) is 21.6 Å². The fourth-order valence-electron chi connectivity index (χ4n) is 2.71. The van der Waals surface area contributed by atoms with Gasteiger partial charge < -0.3 is 10.6 Å². The zero-order valence-electron chi connectivity index (χ0n) is 16.5. The molecular formula is C22H24N4O2. The SMILES string of the molecule is Cn1nc(C(C)(C)C)cc1C(=O)Nc1cccc(NC(=O)c2ccccc2)c1. The summed E-state index contributed by atoms with van der Waals surface area (Å²) in [6, 6.07) is 17.8. The van der Waals surface area contributed by atoms with Crippen LogP contribution >= 0.6 is 0 Å². The minimum absolute atomic E-state index is 0.141. The van der Waals surface area contributed by atoms with E-state index in [4.69, 9.17) is 0 Å². The summed E-state index contributed by atoms with van der Waals surface area (Å²) in [7, 11) is 1.75. The number of anilines is 2.